The van der Waals surface area contributed by atoms with E-state index in [1.165, 1.54) is 13.8 Å². The molecule has 0 radical (unpaired) electrons. The molecule has 0 aromatic carbocycles. The lowest BCUT2D eigenvalue weighted by Crippen LogP contribution is -2.62. The number of nitrogens with zero attached hydrogens (tertiary/aromatic N) is 2. The van der Waals surface area contributed by atoms with Gasteiger partial charge in [-0.05, 0) is 38.5 Å². The Morgan fingerprint density at radius 2 is 1.79 bits per heavy atom. The molecule has 0 bridgehead atoms. The Labute approximate surface area is 110 Å². The summed E-state index contributed by atoms with van der Waals surface area (Å²) in [4.78, 5) is 40.8. The van der Waals surface area contributed by atoms with Crippen LogP contribution in [0.3, 0.4) is 0 Å². The Hall–Kier alpha value is -2.24. The minimum Gasteiger partial charge on any atom is -0.277 e. The fourth-order valence-electron chi connectivity index (χ4n) is 1.95. The Morgan fingerprint density at radius 3 is 2.37 bits per heavy atom. The molecule has 1 aliphatic heterocycles. The molecule has 4 amide bonds. The molecule has 1 aromatic rings. The summed E-state index contributed by atoms with van der Waals surface area (Å²) in [7, 11) is 0. The number of carbonyl (C=O) groups is 3. The van der Waals surface area contributed by atoms with Crippen LogP contribution in [-0.4, -0.2) is 27.7 Å². The third-order valence-electron chi connectivity index (χ3n) is 3.34. The van der Waals surface area contributed by atoms with Crippen LogP contribution in [0, 0.1) is 5.41 Å². The zero-order chi connectivity index (χ0) is 14.2. The number of pyridine rings is 1. The number of hydrogen-bond acceptors (Lipinski definition) is 4. The van der Waals surface area contributed by atoms with Gasteiger partial charge >= 0.3 is 6.03 Å². The van der Waals surface area contributed by atoms with E-state index in [4.69, 9.17) is 0 Å². The van der Waals surface area contributed by atoms with E-state index in [1.54, 1.807) is 31.5 Å². The van der Waals surface area contributed by atoms with E-state index in [-0.39, 0.29) is 0 Å². The summed E-state index contributed by atoms with van der Waals surface area (Å²) in [5, 5.41) is 2.21. The lowest BCUT2D eigenvalue weighted by atomic mass is 9.87. The third kappa shape index (κ3) is 2.09. The number of carbonyl (C=O) groups excluding carboxylic acids is 3. The van der Waals surface area contributed by atoms with E-state index in [9.17, 15) is 14.4 Å². The standard InChI is InChI=1S/C13H15N3O3/c1-8(9-4-6-14-7-5-9)16-11(18)13(2,3)10(17)15-12(16)19/h4-8H,1-3H3,(H,15,17,19). The zero-order valence-corrected chi connectivity index (χ0v) is 11.0. The summed E-state index contributed by atoms with van der Waals surface area (Å²) < 4.78 is 0. The highest BCUT2D eigenvalue weighted by Gasteiger charge is 2.48. The maximum absolute atomic E-state index is 12.3. The number of nitrogens with one attached hydrogen (secondary N) is 1. The molecule has 1 aromatic heterocycles. The first kappa shape index (κ1) is 13.2. The van der Waals surface area contributed by atoms with Gasteiger partial charge in [0.15, 0.2) is 0 Å². The van der Waals surface area contributed by atoms with E-state index < -0.39 is 29.3 Å². The molecule has 1 unspecified atom stereocenters. The summed E-state index contributed by atoms with van der Waals surface area (Å²) in [5.41, 5.74) is -0.460. The lowest BCUT2D eigenvalue weighted by molar-refractivity contribution is -0.150. The Bertz CT molecular complexity index is 539. The molecular formula is C13H15N3O3. The molecule has 0 spiro atoms. The monoisotopic (exact) mass is 261 g/mol. The predicted molar refractivity (Wildman–Crippen MR) is 66.8 cm³/mol. The minimum atomic E-state index is -1.24. The Kier molecular flexibility index (Phi) is 3.09. The first-order valence-electron chi connectivity index (χ1n) is 5.94. The molecule has 0 saturated carbocycles. The van der Waals surface area contributed by atoms with Gasteiger partial charge in [-0.3, -0.25) is 24.8 Å². The topological polar surface area (TPSA) is 79.4 Å². The Balaban J connectivity index is 2.36. The van der Waals surface area contributed by atoms with Gasteiger partial charge in [-0.25, -0.2) is 4.79 Å². The van der Waals surface area contributed by atoms with Crippen LogP contribution in [0.1, 0.15) is 32.4 Å². The van der Waals surface area contributed by atoms with Gasteiger partial charge in [0.1, 0.15) is 5.41 Å². The largest absolute Gasteiger partial charge is 0.331 e. The smallest absolute Gasteiger partial charge is 0.277 e. The highest BCUT2D eigenvalue weighted by atomic mass is 16.2. The van der Waals surface area contributed by atoms with E-state index in [0.29, 0.717) is 0 Å². The average Bonchev–Trinajstić information content (AvgIpc) is 2.38. The zero-order valence-electron chi connectivity index (χ0n) is 11.0. The molecule has 1 atom stereocenters. The number of amides is 4. The number of urea groups is 1. The summed E-state index contributed by atoms with van der Waals surface area (Å²) in [6, 6.07) is 2.32. The fourth-order valence-corrected chi connectivity index (χ4v) is 1.95. The second kappa shape index (κ2) is 4.46. The molecule has 2 heterocycles. The van der Waals surface area contributed by atoms with Gasteiger partial charge in [-0.15, -0.1) is 0 Å². The van der Waals surface area contributed by atoms with Crippen LogP contribution in [0.15, 0.2) is 24.5 Å². The summed E-state index contributed by atoms with van der Waals surface area (Å²) in [6.07, 6.45) is 3.18. The molecule has 1 saturated heterocycles. The number of hydrogen-bond donors (Lipinski definition) is 1. The summed E-state index contributed by atoms with van der Waals surface area (Å²) in [6.45, 7) is 4.74. The van der Waals surface area contributed by atoms with Crippen molar-refractivity contribution in [2.24, 2.45) is 5.41 Å². The normalized spacial score (nSPS) is 20.2. The SMILES string of the molecule is CC(c1ccncc1)N1C(=O)NC(=O)C(C)(C)C1=O. The van der Waals surface area contributed by atoms with Gasteiger partial charge in [0.25, 0.3) is 0 Å². The van der Waals surface area contributed by atoms with Crippen molar-refractivity contribution in [3.05, 3.63) is 30.1 Å². The van der Waals surface area contributed by atoms with Crippen molar-refractivity contribution in [1.82, 2.24) is 15.2 Å². The van der Waals surface area contributed by atoms with Crippen molar-refractivity contribution in [2.45, 2.75) is 26.8 Å². The van der Waals surface area contributed by atoms with Gasteiger partial charge in [-0.1, -0.05) is 0 Å². The van der Waals surface area contributed by atoms with Crippen LogP contribution in [0.25, 0.3) is 0 Å². The molecule has 1 N–H and O–H groups in total. The summed E-state index contributed by atoms with van der Waals surface area (Å²) >= 11 is 0. The van der Waals surface area contributed by atoms with Crippen LogP contribution < -0.4 is 5.32 Å². The molecule has 1 aliphatic rings. The van der Waals surface area contributed by atoms with Crippen molar-refractivity contribution in [3.8, 4) is 0 Å². The van der Waals surface area contributed by atoms with Crippen molar-refractivity contribution in [3.63, 3.8) is 0 Å². The second-order valence-electron chi connectivity index (χ2n) is 5.02. The first-order chi connectivity index (χ1) is 8.85. The highest BCUT2D eigenvalue weighted by molar-refractivity contribution is 6.18. The molecule has 100 valence electrons. The minimum absolute atomic E-state index is 0.456. The predicted octanol–water partition coefficient (Wildman–Crippen LogP) is 1.25. The van der Waals surface area contributed by atoms with E-state index in [2.05, 4.69) is 10.3 Å². The molecule has 19 heavy (non-hydrogen) atoms. The lowest BCUT2D eigenvalue weighted by Gasteiger charge is -2.37. The molecular weight excluding hydrogens is 246 g/mol. The maximum atomic E-state index is 12.3. The fraction of sp³-hybridized carbons (Fsp3) is 0.385. The first-order valence-corrected chi connectivity index (χ1v) is 5.94. The van der Waals surface area contributed by atoms with Crippen molar-refractivity contribution in [1.29, 1.82) is 0 Å². The van der Waals surface area contributed by atoms with Gasteiger partial charge in [0, 0.05) is 12.4 Å². The van der Waals surface area contributed by atoms with Crippen molar-refractivity contribution in [2.75, 3.05) is 0 Å². The molecule has 0 aliphatic carbocycles. The Morgan fingerprint density at radius 1 is 1.21 bits per heavy atom. The maximum Gasteiger partial charge on any atom is 0.331 e. The van der Waals surface area contributed by atoms with Crippen LogP contribution in [0.2, 0.25) is 0 Å². The van der Waals surface area contributed by atoms with Crippen molar-refractivity contribution >= 4 is 17.8 Å². The van der Waals surface area contributed by atoms with E-state index >= 15 is 0 Å². The third-order valence-corrected chi connectivity index (χ3v) is 3.34. The quantitative estimate of drug-likeness (QED) is 0.812. The van der Waals surface area contributed by atoms with Gasteiger partial charge in [0.05, 0.1) is 6.04 Å². The van der Waals surface area contributed by atoms with Crippen LogP contribution in [0.4, 0.5) is 4.79 Å². The number of imide groups is 2. The molecule has 1 fully saturated rings. The second-order valence-corrected chi connectivity index (χ2v) is 5.02. The molecule has 6 heteroatoms. The van der Waals surface area contributed by atoms with E-state index in [0.717, 1.165) is 10.5 Å². The van der Waals surface area contributed by atoms with Gasteiger partial charge in [0.2, 0.25) is 11.8 Å². The van der Waals surface area contributed by atoms with Crippen LogP contribution >= 0.6 is 0 Å². The molecule has 2 rings (SSSR count). The van der Waals surface area contributed by atoms with Crippen LogP contribution in [0.5, 0.6) is 0 Å². The van der Waals surface area contributed by atoms with Crippen molar-refractivity contribution < 1.29 is 14.4 Å². The number of aromatic nitrogens is 1. The average molecular weight is 261 g/mol. The van der Waals surface area contributed by atoms with Crippen LogP contribution in [-0.2, 0) is 9.59 Å². The molecule has 6 nitrogen and oxygen atoms in total. The summed E-state index contributed by atoms with van der Waals surface area (Å²) in [5.74, 6) is -1.06. The van der Waals surface area contributed by atoms with Gasteiger partial charge < -0.3 is 0 Å². The van der Waals surface area contributed by atoms with E-state index in [1.807, 2.05) is 0 Å². The number of barbiturate groups is 1. The van der Waals surface area contributed by atoms with Gasteiger partial charge in [-0.2, -0.15) is 0 Å². The number of rotatable bonds is 2. The highest BCUT2D eigenvalue weighted by Crippen LogP contribution is 2.30.